The second kappa shape index (κ2) is 5.18. The maximum atomic E-state index is 5.89. The van der Waals surface area contributed by atoms with Gasteiger partial charge in [-0.25, -0.2) is 0 Å². The lowest BCUT2D eigenvalue weighted by Gasteiger charge is -2.10. The predicted molar refractivity (Wildman–Crippen MR) is 79.1 cm³/mol. The molecule has 3 heteroatoms. The summed E-state index contributed by atoms with van der Waals surface area (Å²) in [5.74, 6) is 1.95. The van der Waals surface area contributed by atoms with Crippen LogP contribution < -0.4 is 9.47 Å². The first-order chi connectivity index (χ1) is 8.83. The number of benzene rings is 2. The Balaban J connectivity index is 1.77. The standard InChI is InChI=1S/C15H13IO2/c16-13-9-14-12(6-7-17-14)8-15(13)18-10-11-4-2-1-3-5-11/h1-5,8-9H,6-7,10H2. The fraction of sp³-hybridized carbons (Fsp3) is 0.200. The molecule has 2 aromatic rings. The van der Waals surface area contributed by atoms with Gasteiger partial charge in [-0.05, 0) is 40.3 Å². The molecule has 0 atom stereocenters. The summed E-state index contributed by atoms with van der Waals surface area (Å²) in [7, 11) is 0. The summed E-state index contributed by atoms with van der Waals surface area (Å²) in [5, 5.41) is 0. The highest BCUT2D eigenvalue weighted by Crippen LogP contribution is 2.33. The van der Waals surface area contributed by atoms with Crippen molar-refractivity contribution in [2.24, 2.45) is 0 Å². The largest absolute Gasteiger partial charge is 0.493 e. The number of halogens is 1. The summed E-state index contributed by atoms with van der Waals surface area (Å²) in [4.78, 5) is 0. The third-order valence-corrected chi connectivity index (χ3v) is 3.82. The van der Waals surface area contributed by atoms with Gasteiger partial charge in [0.05, 0.1) is 10.2 Å². The van der Waals surface area contributed by atoms with E-state index in [1.165, 1.54) is 11.1 Å². The molecule has 0 fully saturated rings. The molecule has 2 nitrogen and oxygen atoms in total. The molecule has 0 aromatic heterocycles. The molecule has 0 saturated carbocycles. The highest BCUT2D eigenvalue weighted by Gasteiger charge is 2.15. The van der Waals surface area contributed by atoms with E-state index in [0.29, 0.717) is 6.61 Å². The Hall–Kier alpha value is -1.23. The molecule has 1 aliphatic rings. The summed E-state index contributed by atoms with van der Waals surface area (Å²) in [6, 6.07) is 14.4. The third kappa shape index (κ3) is 2.46. The number of hydrogen-bond acceptors (Lipinski definition) is 2. The van der Waals surface area contributed by atoms with Crippen LogP contribution in [0.25, 0.3) is 0 Å². The Kier molecular flexibility index (Phi) is 3.41. The molecule has 0 spiro atoms. The van der Waals surface area contributed by atoms with Crippen molar-refractivity contribution in [1.29, 1.82) is 0 Å². The highest BCUT2D eigenvalue weighted by atomic mass is 127. The Morgan fingerprint density at radius 1 is 1.17 bits per heavy atom. The van der Waals surface area contributed by atoms with Gasteiger partial charge in [0.1, 0.15) is 18.1 Å². The lowest BCUT2D eigenvalue weighted by molar-refractivity contribution is 0.303. The molecule has 0 radical (unpaired) electrons. The molecule has 0 unspecified atom stereocenters. The second-order valence-corrected chi connectivity index (χ2v) is 5.43. The molecule has 18 heavy (non-hydrogen) atoms. The van der Waals surface area contributed by atoms with Gasteiger partial charge in [-0.1, -0.05) is 30.3 Å². The van der Waals surface area contributed by atoms with Crippen molar-refractivity contribution in [2.45, 2.75) is 13.0 Å². The summed E-state index contributed by atoms with van der Waals surface area (Å²) in [5.41, 5.74) is 2.43. The van der Waals surface area contributed by atoms with Crippen LogP contribution in [0.3, 0.4) is 0 Å². The van der Waals surface area contributed by atoms with Gasteiger partial charge in [0, 0.05) is 12.0 Å². The fourth-order valence-corrected chi connectivity index (χ4v) is 2.62. The van der Waals surface area contributed by atoms with Crippen LogP contribution in [0.15, 0.2) is 42.5 Å². The molecule has 0 saturated heterocycles. The van der Waals surface area contributed by atoms with Gasteiger partial charge in [-0.15, -0.1) is 0 Å². The minimum absolute atomic E-state index is 0.608. The van der Waals surface area contributed by atoms with E-state index < -0.39 is 0 Å². The van der Waals surface area contributed by atoms with Crippen molar-refractivity contribution in [3.8, 4) is 11.5 Å². The molecule has 1 aliphatic heterocycles. The van der Waals surface area contributed by atoms with Gasteiger partial charge in [-0.3, -0.25) is 0 Å². The van der Waals surface area contributed by atoms with E-state index in [2.05, 4.69) is 46.9 Å². The zero-order valence-corrected chi connectivity index (χ0v) is 12.0. The first-order valence-corrected chi connectivity index (χ1v) is 7.03. The van der Waals surface area contributed by atoms with Crippen LogP contribution in [0.4, 0.5) is 0 Å². The zero-order chi connectivity index (χ0) is 12.4. The predicted octanol–water partition coefficient (Wildman–Crippen LogP) is 3.81. The van der Waals surface area contributed by atoms with Gasteiger partial charge in [0.25, 0.3) is 0 Å². The van der Waals surface area contributed by atoms with Gasteiger partial charge < -0.3 is 9.47 Å². The van der Waals surface area contributed by atoms with E-state index in [0.717, 1.165) is 28.1 Å². The first kappa shape index (κ1) is 11.8. The van der Waals surface area contributed by atoms with Crippen molar-refractivity contribution >= 4 is 22.6 Å². The van der Waals surface area contributed by atoms with Crippen LogP contribution >= 0.6 is 22.6 Å². The van der Waals surface area contributed by atoms with E-state index in [4.69, 9.17) is 9.47 Å². The summed E-state index contributed by atoms with van der Waals surface area (Å²) >= 11 is 2.29. The van der Waals surface area contributed by atoms with Crippen LogP contribution in [-0.4, -0.2) is 6.61 Å². The number of fused-ring (bicyclic) bond motifs is 1. The summed E-state index contributed by atoms with van der Waals surface area (Å²) in [6.45, 7) is 1.39. The molecule has 0 aliphatic carbocycles. The first-order valence-electron chi connectivity index (χ1n) is 5.95. The van der Waals surface area contributed by atoms with Crippen molar-refractivity contribution in [3.63, 3.8) is 0 Å². The highest BCUT2D eigenvalue weighted by molar-refractivity contribution is 14.1. The molecule has 2 aromatic carbocycles. The Labute approximate surface area is 120 Å². The quantitative estimate of drug-likeness (QED) is 0.783. The van der Waals surface area contributed by atoms with Crippen LogP contribution in [-0.2, 0) is 13.0 Å². The molecular formula is C15H13IO2. The van der Waals surface area contributed by atoms with E-state index in [-0.39, 0.29) is 0 Å². The van der Waals surface area contributed by atoms with Crippen molar-refractivity contribution in [3.05, 3.63) is 57.2 Å². The summed E-state index contributed by atoms with van der Waals surface area (Å²) < 4.78 is 12.5. The third-order valence-electron chi connectivity index (χ3n) is 2.98. The number of ether oxygens (including phenoxy) is 2. The SMILES string of the molecule is Ic1cc2c(cc1OCc1ccccc1)CCO2. The average Bonchev–Trinajstić information content (AvgIpc) is 2.84. The Bertz CT molecular complexity index is 552. The molecule has 92 valence electrons. The molecule has 0 N–H and O–H groups in total. The van der Waals surface area contributed by atoms with E-state index in [1.807, 2.05) is 18.2 Å². The van der Waals surface area contributed by atoms with Gasteiger partial charge in [0.15, 0.2) is 0 Å². The number of rotatable bonds is 3. The maximum Gasteiger partial charge on any atom is 0.133 e. The molecule has 1 heterocycles. The number of hydrogen-bond donors (Lipinski definition) is 0. The van der Waals surface area contributed by atoms with E-state index in [9.17, 15) is 0 Å². The van der Waals surface area contributed by atoms with Crippen LogP contribution in [0.2, 0.25) is 0 Å². The molecular weight excluding hydrogens is 339 g/mol. The summed E-state index contributed by atoms with van der Waals surface area (Å²) in [6.07, 6.45) is 0.980. The normalized spacial score (nSPS) is 12.9. The van der Waals surface area contributed by atoms with Crippen molar-refractivity contribution in [2.75, 3.05) is 6.61 Å². The van der Waals surface area contributed by atoms with Crippen molar-refractivity contribution < 1.29 is 9.47 Å². The zero-order valence-electron chi connectivity index (χ0n) is 9.86. The Morgan fingerprint density at radius 3 is 2.83 bits per heavy atom. The molecule has 0 amide bonds. The van der Waals surface area contributed by atoms with E-state index in [1.54, 1.807) is 0 Å². The van der Waals surface area contributed by atoms with E-state index >= 15 is 0 Å². The lowest BCUT2D eigenvalue weighted by atomic mass is 10.1. The fourth-order valence-electron chi connectivity index (χ4n) is 2.02. The monoisotopic (exact) mass is 352 g/mol. The van der Waals surface area contributed by atoms with Crippen LogP contribution in [0.5, 0.6) is 11.5 Å². The minimum atomic E-state index is 0.608. The van der Waals surface area contributed by atoms with Gasteiger partial charge >= 0.3 is 0 Å². The van der Waals surface area contributed by atoms with Crippen LogP contribution in [0, 0.1) is 3.57 Å². The second-order valence-electron chi connectivity index (χ2n) is 4.26. The van der Waals surface area contributed by atoms with Gasteiger partial charge in [0.2, 0.25) is 0 Å². The van der Waals surface area contributed by atoms with Crippen molar-refractivity contribution in [1.82, 2.24) is 0 Å². The Morgan fingerprint density at radius 2 is 2.00 bits per heavy atom. The minimum Gasteiger partial charge on any atom is -0.493 e. The molecule has 0 bridgehead atoms. The van der Waals surface area contributed by atoms with Crippen LogP contribution in [0.1, 0.15) is 11.1 Å². The molecule has 3 rings (SSSR count). The lowest BCUT2D eigenvalue weighted by Crippen LogP contribution is -1.97. The smallest absolute Gasteiger partial charge is 0.133 e. The maximum absolute atomic E-state index is 5.89. The topological polar surface area (TPSA) is 18.5 Å². The average molecular weight is 352 g/mol. The van der Waals surface area contributed by atoms with Gasteiger partial charge in [-0.2, -0.15) is 0 Å².